The van der Waals surface area contributed by atoms with Gasteiger partial charge in [-0.3, -0.25) is 0 Å². The van der Waals surface area contributed by atoms with Gasteiger partial charge in [0, 0.05) is 19.3 Å². The van der Waals surface area contributed by atoms with E-state index < -0.39 is 5.97 Å². The number of carboxylic acid groups (broad SMARTS) is 1. The van der Waals surface area contributed by atoms with Crippen molar-refractivity contribution in [1.82, 2.24) is 4.90 Å². The number of hydrogen-bond donors (Lipinski definition) is 2. The minimum Gasteiger partial charge on any atom is -0.478 e. The number of nitrogens with one attached hydrogen (secondary N) is 1. The monoisotopic (exact) mass is 247 g/mol. The van der Waals surface area contributed by atoms with Crippen molar-refractivity contribution in [3.8, 4) is 6.07 Å². The van der Waals surface area contributed by atoms with Gasteiger partial charge in [-0.25, -0.2) is 9.59 Å². The number of anilines is 1. The molecule has 0 spiro atoms. The van der Waals surface area contributed by atoms with Gasteiger partial charge in [0.25, 0.3) is 0 Å². The molecule has 0 aliphatic carbocycles. The van der Waals surface area contributed by atoms with E-state index in [2.05, 4.69) is 5.32 Å². The van der Waals surface area contributed by atoms with Gasteiger partial charge >= 0.3 is 12.0 Å². The molecule has 94 valence electrons. The van der Waals surface area contributed by atoms with E-state index in [9.17, 15) is 9.59 Å². The zero-order valence-electron chi connectivity index (χ0n) is 9.88. The average molecular weight is 247 g/mol. The average Bonchev–Trinajstić information content (AvgIpc) is 2.36. The van der Waals surface area contributed by atoms with Gasteiger partial charge in [-0.1, -0.05) is 6.07 Å². The topological polar surface area (TPSA) is 93.4 Å². The highest BCUT2D eigenvalue weighted by Gasteiger charge is 2.09. The highest BCUT2D eigenvalue weighted by Crippen LogP contribution is 2.11. The molecular formula is C12H13N3O3. The van der Waals surface area contributed by atoms with Gasteiger partial charge in [-0.2, -0.15) is 5.26 Å². The van der Waals surface area contributed by atoms with Gasteiger partial charge in [0.05, 0.1) is 18.1 Å². The van der Waals surface area contributed by atoms with E-state index >= 15 is 0 Å². The quantitative estimate of drug-likeness (QED) is 0.847. The van der Waals surface area contributed by atoms with Crippen LogP contribution in [0.1, 0.15) is 16.8 Å². The Morgan fingerprint density at radius 3 is 2.83 bits per heavy atom. The maximum Gasteiger partial charge on any atom is 0.335 e. The van der Waals surface area contributed by atoms with Gasteiger partial charge in [0.15, 0.2) is 0 Å². The molecular weight excluding hydrogens is 234 g/mol. The van der Waals surface area contributed by atoms with E-state index in [0.29, 0.717) is 12.2 Å². The maximum absolute atomic E-state index is 11.7. The lowest BCUT2D eigenvalue weighted by atomic mass is 10.2. The third-order valence-corrected chi connectivity index (χ3v) is 2.27. The van der Waals surface area contributed by atoms with Crippen LogP contribution in [-0.2, 0) is 0 Å². The smallest absolute Gasteiger partial charge is 0.335 e. The molecule has 0 unspecified atom stereocenters. The number of hydrogen-bond acceptors (Lipinski definition) is 3. The molecule has 0 saturated carbocycles. The second kappa shape index (κ2) is 6.25. The number of aromatic carboxylic acids is 1. The van der Waals surface area contributed by atoms with E-state index in [-0.39, 0.29) is 18.0 Å². The van der Waals surface area contributed by atoms with Crippen LogP contribution in [-0.4, -0.2) is 35.6 Å². The Hall–Kier alpha value is -2.55. The molecule has 2 N–H and O–H groups in total. The molecule has 0 radical (unpaired) electrons. The summed E-state index contributed by atoms with van der Waals surface area (Å²) in [6, 6.07) is 7.53. The summed E-state index contributed by atoms with van der Waals surface area (Å²) in [4.78, 5) is 23.8. The Bertz CT molecular complexity index is 494. The highest BCUT2D eigenvalue weighted by molar-refractivity contribution is 5.93. The fraction of sp³-hybridized carbons (Fsp3) is 0.250. The highest BCUT2D eigenvalue weighted by atomic mass is 16.4. The number of rotatable bonds is 4. The van der Waals surface area contributed by atoms with Crippen LogP contribution < -0.4 is 5.32 Å². The van der Waals surface area contributed by atoms with Gasteiger partial charge < -0.3 is 15.3 Å². The first-order valence-corrected chi connectivity index (χ1v) is 5.27. The molecule has 1 rings (SSSR count). The summed E-state index contributed by atoms with van der Waals surface area (Å²) < 4.78 is 0. The van der Waals surface area contributed by atoms with Crippen LogP contribution in [0, 0.1) is 11.3 Å². The summed E-state index contributed by atoms with van der Waals surface area (Å²) in [5.74, 6) is -1.05. The minimum absolute atomic E-state index is 0.104. The summed E-state index contributed by atoms with van der Waals surface area (Å²) in [6.07, 6.45) is 0.249. The van der Waals surface area contributed by atoms with E-state index in [4.69, 9.17) is 10.4 Å². The Balaban J connectivity index is 2.67. The van der Waals surface area contributed by atoms with Crippen LogP contribution in [0.4, 0.5) is 10.5 Å². The number of nitriles is 1. The van der Waals surface area contributed by atoms with Crippen LogP contribution in [0.3, 0.4) is 0 Å². The molecule has 1 aromatic rings. The second-order valence-corrected chi connectivity index (χ2v) is 3.65. The Morgan fingerprint density at radius 2 is 2.22 bits per heavy atom. The number of benzene rings is 1. The zero-order valence-corrected chi connectivity index (χ0v) is 9.88. The lowest BCUT2D eigenvalue weighted by molar-refractivity contribution is 0.0697. The standard InChI is InChI=1S/C12H13N3O3/c1-15(7-3-6-13)12(18)14-10-5-2-4-9(8-10)11(16)17/h2,4-5,8H,3,7H2,1H3,(H,14,18)(H,16,17). The largest absolute Gasteiger partial charge is 0.478 e. The van der Waals surface area contributed by atoms with E-state index in [1.165, 1.54) is 17.0 Å². The molecule has 0 atom stereocenters. The SMILES string of the molecule is CN(CCC#N)C(=O)Nc1cccc(C(=O)O)c1. The number of amides is 2. The minimum atomic E-state index is -1.05. The lowest BCUT2D eigenvalue weighted by Crippen LogP contribution is -2.32. The molecule has 1 aromatic carbocycles. The van der Waals surface area contributed by atoms with Crippen LogP contribution in [0.15, 0.2) is 24.3 Å². The summed E-state index contributed by atoms with van der Waals surface area (Å²) >= 11 is 0. The Labute approximate surface area is 104 Å². The van der Waals surface area contributed by atoms with Crippen molar-refractivity contribution in [2.24, 2.45) is 0 Å². The molecule has 18 heavy (non-hydrogen) atoms. The fourth-order valence-corrected chi connectivity index (χ4v) is 1.27. The first-order valence-electron chi connectivity index (χ1n) is 5.27. The van der Waals surface area contributed by atoms with E-state index in [1.54, 1.807) is 19.2 Å². The van der Waals surface area contributed by atoms with Gasteiger partial charge in [0.2, 0.25) is 0 Å². The molecule has 0 aromatic heterocycles. The predicted octanol–water partition coefficient (Wildman–Crippen LogP) is 1.76. The summed E-state index contributed by atoms with van der Waals surface area (Å²) in [7, 11) is 1.56. The normalized spacial score (nSPS) is 9.33. The van der Waals surface area contributed by atoms with Crippen molar-refractivity contribution < 1.29 is 14.7 Å². The fourth-order valence-electron chi connectivity index (χ4n) is 1.27. The molecule has 0 aliphatic heterocycles. The van der Waals surface area contributed by atoms with Crippen LogP contribution in [0.25, 0.3) is 0 Å². The van der Waals surface area contributed by atoms with Crippen LogP contribution in [0.5, 0.6) is 0 Å². The second-order valence-electron chi connectivity index (χ2n) is 3.65. The first-order chi connectivity index (χ1) is 8.54. The van der Waals surface area contributed by atoms with Crippen molar-refractivity contribution in [2.75, 3.05) is 18.9 Å². The third-order valence-electron chi connectivity index (χ3n) is 2.27. The summed E-state index contributed by atoms with van der Waals surface area (Å²) in [5.41, 5.74) is 0.510. The third kappa shape index (κ3) is 3.79. The molecule has 2 amide bonds. The number of carbonyl (C=O) groups is 2. The first kappa shape index (κ1) is 13.5. The van der Waals surface area contributed by atoms with Crippen molar-refractivity contribution in [3.63, 3.8) is 0 Å². The summed E-state index contributed by atoms with van der Waals surface area (Å²) in [6.45, 7) is 0.320. The van der Waals surface area contributed by atoms with E-state index in [1.807, 2.05) is 6.07 Å². The Kier molecular flexibility index (Phi) is 4.69. The van der Waals surface area contributed by atoms with Gasteiger partial charge in [-0.15, -0.1) is 0 Å². The van der Waals surface area contributed by atoms with Crippen molar-refractivity contribution in [3.05, 3.63) is 29.8 Å². The van der Waals surface area contributed by atoms with Crippen molar-refractivity contribution in [1.29, 1.82) is 5.26 Å². The molecule has 6 nitrogen and oxygen atoms in total. The number of carbonyl (C=O) groups excluding carboxylic acids is 1. The Morgan fingerprint density at radius 1 is 1.50 bits per heavy atom. The molecule has 0 heterocycles. The molecule has 6 heteroatoms. The molecule has 0 aliphatic rings. The van der Waals surface area contributed by atoms with Crippen LogP contribution >= 0.6 is 0 Å². The molecule has 0 bridgehead atoms. The number of nitrogens with zero attached hydrogens (tertiary/aromatic N) is 2. The summed E-state index contributed by atoms with van der Waals surface area (Å²) in [5, 5.41) is 19.8. The maximum atomic E-state index is 11.7. The van der Waals surface area contributed by atoms with Crippen molar-refractivity contribution in [2.45, 2.75) is 6.42 Å². The molecule has 0 saturated heterocycles. The number of urea groups is 1. The number of carboxylic acids is 1. The van der Waals surface area contributed by atoms with Crippen LogP contribution in [0.2, 0.25) is 0 Å². The van der Waals surface area contributed by atoms with Gasteiger partial charge in [-0.05, 0) is 18.2 Å². The lowest BCUT2D eigenvalue weighted by Gasteiger charge is -2.16. The zero-order chi connectivity index (χ0) is 13.5. The van der Waals surface area contributed by atoms with Crippen molar-refractivity contribution >= 4 is 17.7 Å². The van der Waals surface area contributed by atoms with Gasteiger partial charge in [0.1, 0.15) is 0 Å². The predicted molar refractivity (Wildman–Crippen MR) is 65.3 cm³/mol. The molecule has 0 fully saturated rings. The van der Waals surface area contributed by atoms with E-state index in [0.717, 1.165) is 0 Å².